The van der Waals surface area contributed by atoms with E-state index in [0.717, 1.165) is 28.9 Å². The molecule has 3 aromatic rings. The lowest BCUT2D eigenvalue weighted by molar-refractivity contribution is -0.132. The molecule has 3 aromatic carbocycles. The van der Waals surface area contributed by atoms with Gasteiger partial charge >= 0.3 is 12.1 Å². The summed E-state index contributed by atoms with van der Waals surface area (Å²) < 4.78 is 40.4. The Kier molecular flexibility index (Phi) is 22.9. The number of amides is 8. The zero-order valence-corrected chi connectivity index (χ0v) is 48.9. The van der Waals surface area contributed by atoms with E-state index in [4.69, 9.17) is 38.9 Å². The Morgan fingerprint density at radius 3 is 2.06 bits per heavy atom. The van der Waals surface area contributed by atoms with E-state index in [2.05, 4.69) is 26.3 Å². The highest BCUT2D eigenvalue weighted by atomic mass is 16.6. The fourth-order valence-electron chi connectivity index (χ4n) is 10.0. The number of carbonyl (C=O) groups is 7. The normalized spacial score (nSPS) is 17.5. The molecule has 454 valence electrons. The monoisotopic (exact) mass is 1170 g/mol. The summed E-state index contributed by atoms with van der Waals surface area (Å²) in [6, 6.07) is 9.00. The number of fused-ring (bicyclic) bond motifs is 4. The van der Waals surface area contributed by atoms with Gasteiger partial charge in [-0.2, -0.15) is 0 Å². The molecule has 84 heavy (non-hydrogen) atoms. The van der Waals surface area contributed by atoms with E-state index in [1.807, 2.05) is 27.0 Å². The molecule has 0 aromatic heterocycles. The van der Waals surface area contributed by atoms with Gasteiger partial charge in [0.2, 0.25) is 17.7 Å². The van der Waals surface area contributed by atoms with Gasteiger partial charge in [-0.05, 0) is 101 Å². The molecule has 0 radical (unpaired) electrons. The van der Waals surface area contributed by atoms with E-state index >= 15 is 0 Å². The van der Waals surface area contributed by atoms with Gasteiger partial charge in [-0.1, -0.05) is 44.1 Å². The van der Waals surface area contributed by atoms with E-state index in [1.54, 1.807) is 67.6 Å². The number of nitrogens with zero attached hydrogens (tertiary/aromatic N) is 4. The summed E-state index contributed by atoms with van der Waals surface area (Å²) >= 11 is 0. The second kappa shape index (κ2) is 30.4. The molecule has 0 bridgehead atoms. The average Bonchev–Trinajstić information content (AvgIpc) is 2.58. The van der Waals surface area contributed by atoms with E-state index in [9.17, 15) is 38.7 Å². The smallest absolute Gasteiger partial charge is 0.416 e. The Morgan fingerprint density at radius 2 is 1.39 bits per heavy atom. The Morgan fingerprint density at radius 1 is 0.750 bits per heavy atom. The molecule has 4 heterocycles. The molecule has 24 nitrogen and oxygen atoms in total. The van der Waals surface area contributed by atoms with Crippen molar-refractivity contribution in [2.45, 2.75) is 129 Å². The number of aliphatic imine (C=N–C) groups is 1. The number of nitrogens with two attached hydrogens (primary N) is 1. The van der Waals surface area contributed by atoms with Crippen molar-refractivity contribution in [2.75, 3.05) is 70.6 Å². The second-order valence-electron chi connectivity index (χ2n) is 21.3. The number of benzene rings is 3. The first-order chi connectivity index (χ1) is 40.4. The second-order valence-corrected chi connectivity index (χ2v) is 21.3. The maximum absolute atomic E-state index is 14.3. The maximum Gasteiger partial charge on any atom is 0.416 e. The van der Waals surface area contributed by atoms with E-state index in [0.29, 0.717) is 86.1 Å². The topological polar surface area (TPSA) is 301 Å². The third-order valence-corrected chi connectivity index (χ3v) is 14.4. The molecule has 0 unspecified atom stereocenters. The van der Waals surface area contributed by atoms with Crippen LogP contribution < -0.4 is 50.8 Å². The first kappa shape index (κ1) is 63.4. The van der Waals surface area contributed by atoms with Crippen molar-refractivity contribution in [1.29, 1.82) is 0 Å². The van der Waals surface area contributed by atoms with Crippen LogP contribution in [-0.4, -0.2) is 154 Å². The molecule has 0 spiro atoms. The van der Waals surface area contributed by atoms with Crippen molar-refractivity contribution >= 4 is 64.9 Å². The number of aliphatic hydroxyl groups excluding tert-OH is 1. The number of urea groups is 1. The standard InChI is InChI=1S/C60H79N9O15/c1-8-20-80-24-25-81-23-18-52(70)66-53(36(2)3)55(72)65-44(13-12-19-62-59(61)76)54(71)64-40-16-14-39(15-17-40)35-84-60(77)69-46-31-51(49(79-7)29-43(46)57(74)68-34-38(5)27-47(68)58(69)75)83-22-11-9-10-21-82-50-30-45-42(28-48(50)78-6)56(73)67-33-37(4)26-41(67)32-63-45/h14-17,28-34,36,41,44,47,53,58,75H,8-13,18-27,35H2,1-7H3,(H,64,71)(H,65,72)(H,66,70)(H3,61,62,76)/t41-,44-,47-,53-,58-/m0/s1. The van der Waals surface area contributed by atoms with Gasteiger partial charge in [0.15, 0.2) is 29.2 Å². The van der Waals surface area contributed by atoms with Gasteiger partial charge in [0.1, 0.15) is 18.7 Å². The molecule has 0 saturated heterocycles. The Balaban J connectivity index is 0.959. The number of primary amides is 1. The average molecular weight is 1170 g/mol. The van der Waals surface area contributed by atoms with Crippen LogP contribution in [0.15, 0.2) is 77.1 Å². The summed E-state index contributed by atoms with van der Waals surface area (Å²) in [5.41, 5.74) is 9.09. The number of hydrogen-bond acceptors (Lipinski definition) is 16. The summed E-state index contributed by atoms with van der Waals surface area (Å²) in [6.07, 6.45) is 7.03. The van der Waals surface area contributed by atoms with Crippen molar-refractivity contribution in [3.05, 3.63) is 88.8 Å². The van der Waals surface area contributed by atoms with E-state index in [-0.39, 0.29) is 86.2 Å². The first-order valence-electron chi connectivity index (χ1n) is 28.5. The van der Waals surface area contributed by atoms with Crippen molar-refractivity contribution in [1.82, 2.24) is 25.8 Å². The largest absolute Gasteiger partial charge is 0.493 e. The quantitative estimate of drug-likeness (QED) is 0.0383. The van der Waals surface area contributed by atoms with Gasteiger partial charge in [0.05, 0.1) is 81.8 Å². The number of methoxy groups -OCH3 is 2. The van der Waals surface area contributed by atoms with Gasteiger partial charge < -0.3 is 75.1 Å². The Labute approximate surface area is 489 Å². The van der Waals surface area contributed by atoms with Crippen LogP contribution in [0.1, 0.15) is 119 Å². The molecule has 8 amide bonds. The van der Waals surface area contributed by atoms with Crippen LogP contribution in [0.3, 0.4) is 0 Å². The van der Waals surface area contributed by atoms with Crippen molar-refractivity contribution in [3.63, 3.8) is 0 Å². The number of anilines is 2. The number of aliphatic hydroxyl groups is 1. The van der Waals surface area contributed by atoms with Crippen molar-refractivity contribution < 1.29 is 71.8 Å². The maximum atomic E-state index is 14.3. The SMILES string of the molecule is CCCOCCOCCC(=O)N[C@H](C(=O)N[C@@H](CCCNC(N)=O)C(=O)Nc1ccc(COC(=O)N2c3cc(OCCCCCOc4cc5c(cc4OC)C(=O)N4C=C(C)C[C@H]4C=N5)c(OC)cc3C(=O)N3C=C(C)C[C@H]3[C@@H]2O)cc1)C(C)C. The molecule has 0 aliphatic carbocycles. The molecule has 7 N–H and O–H groups in total. The van der Waals surface area contributed by atoms with Gasteiger partial charge in [-0.25, -0.2) is 14.5 Å². The fourth-order valence-corrected chi connectivity index (χ4v) is 10.0. The zero-order valence-electron chi connectivity index (χ0n) is 48.9. The van der Waals surface area contributed by atoms with Crippen molar-refractivity contribution in [3.8, 4) is 23.0 Å². The number of rotatable bonds is 30. The molecule has 5 atom stereocenters. The minimum atomic E-state index is -1.54. The van der Waals surface area contributed by atoms with Crippen LogP contribution in [0.4, 0.5) is 26.7 Å². The highest BCUT2D eigenvalue weighted by molar-refractivity contribution is 6.07. The molecule has 0 saturated carbocycles. The molecular weight excluding hydrogens is 1090 g/mol. The van der Waals surface area contributed by atoms with Crippen LogP contribution in [0, 0.1) is 5.92 Å². The number of unbranched alkanes of at least 4 members (excludes halogenated alkanes) is 2. The fraction of sp³-hybridized carbons (Fsp3) is 0.500. The molecule has 0 fully saturated rings. The van der Waals surface area contributed by atoms with Crippen LogP contribution in [0.25, 0.3) is 0 Å². The van der Waals surface area contributed by atoms with Crippen LogP contribution in [-0.2, 0) is 35.2 Å². The lowest BCUT2D eigenvalue weighted by atomic mass is 10.0. The minimum Gasteiger partial charge on any atom is -0.493 e. The lowest BCUT2D eigenvalue weighted by Gasteiger charge is -2.31. The summed E-state index contributed by atoms with van der Waals surface area (Å²) in [5.74, 6) is -1.16. The van der Waals surface area contributed by atoms with Crippen LogP contribution in [0.5, 0.6) is 23.0 Å². The zero-order chi connectivity index (χ0) is 60.5. The Bertz CT molecular complexity index is 2950. The summed E-state index contributed by atoms with van der Waals surface area (Å²) in [5, 5.41) is 22.8. The van der Waals surface area contributed by atoms with Gasteiger partial charge in [-0.3, -0.25) is 29.0 Å². The predicted molar refractivity (Wildman–Crippen MR) is 311 cm³/mol. The highest BCUT2D eigenvalue weighted by Crippen LogP contribution is 2.43. The number of nitrogens with one attached hydrogen (secondary N) is 4. The van der Waals surface area contributed by atoms with E-state index < -0.39 is 60.1 Å². The van der Waals surface area contributed by atoms with Crippen molar-refractivity contribution in [2.24, 2.45) is 16.6 Å². The lowest BCUT2D eigenvalue weighted by Crippen LogP contribution is -2.54. The highest BCUT2D eigenvalue weighted by Gasteiger charge is 2.45. The molecule has 24 heteroatoms. The van der Waals surface area contributed by atoms with Crippen LogP contribution in [0.2, 0.25) is 0 Å². The molecular formula is C60H79N9O15. The summed E-state index contributed by atoms with van der Waals surface area (Å²) in [6.45, 7) is 11.3. The number of hydrogen-bond donors (Lipinski definition) is 6. The van der Waals surface area contributed by atoms with Gasteiger partial charge in [0, 0.05) is 56.0 Å². The number of ether oxygens (including phenoxy) is 7. The van der Waals surface area contributed by atoms with Gasteiger partial charge in [-0.15, -0.1) is 0 Å². The summed E-state index contributed by atoms with van der Waals surface area (Å²) in [7, 11) is 2.96. The first-order valence-corrected chi connectivity index (χ1v) is 28.5. The minimum absolute atomic E-state index is 0.0118. The Hall–Kier alpha value is -8.22. The summed E-state index contributed by atoms with van der Waals surface area (Å²) in [4.78, 5) is 102. The molecule has 4 aliphatic heterocycles. The van der Waals surface area contributed by atoms with Gasteiger partial charge in [0.25, 0.3) is 11.8 Å². The third-order valence-electron chi connectivity index (χ3n) is 14.4. The third kappa shape index (κ3) is 16.5. The van der Waals surface area contributed by atoms with E-state index in [1.165, 1.54) is 31.3 Å². The van der Waals surface area contributed by atoms with Crippen LogP contribution >= 0.6 is 0 Å². The molecule has 4 aliphatic rings. The predicted octanol–water partition coefficient (Wildman–Crippen LogP) is 6.61. The molecule has 7 rings (SSSR count). The number of carbonyl (C=O) groups excluding carboxylic acids is 7.